The van der Waals surface area contributed by atoms with Crippen LogP contribution >= 0.6 is 69.6 Å². The van der Waals surface area contributed by atoms with Crippen LogP contribution in [0.1, 0.15) is 214 Å². The molecule has 8 aliphatic rings. The molecule has 548 valence electrons. The molecular weight excluding hydrogens is 1320 g/mol. The highest BCUT2D eigenvalue weighted by Crippen LogP contribution is 2.32. The molecule has 24 heteroatoms. The van der Waals surface area contributed by atoms with Crippen molar-refractivity contribution in [2.45, 2.75) is 316 Å². The average Bonchev–Trinajstić information content (AvgIpc) is 1.64. The predicted molar refractivity (Wildman–Crippen MR) is 393 cm³/mol. The summed E-state index contributed by atoms with van der Waals surface area (Å²) in [5, 5.41) is 19.3. The van der Waals surface area contributed by atoms with Gasteiger partial charge in [-0.15, -0.1) is 69.6 Å². The first-order valence-electron chi connectivity index (χ1n) is 35.0. The number of likely N-dealkylation sites (N-methyl/N-ethyl adjacent to an activating group) is 6. The van der Waals surface area contributed by atoms with Gasteiger partial charge in [0, 0.05) is 106 Å². The standard InChI is InChI=1S/C13H23ClN2O.C12H21ClN2O.2C12H23ClN2O.C11H21ClN2O.C10H19ClN2O/c1-13(6-4-3-5-7-13)15-12(17)11-8-10(14)9-16(11)2;1-12(5-3-4-6-12)14-11(16)10-7-9(13)8-15(10)2;2*1-8(12(2,3)4)14-11(16)10-6-9(13)7-15(10)5;1-5-11(2,3)13-10(15)9-6-8(12)7-14(9)4;1-10(2,3)12-9(14)8-5-7(11)6-13(8)4/h10-11H,3-9H2,1-2H3,(H,15,17);9-10H,3-8H2,1-2H3,(H,14,16);2*8-10H,6-7H2,1-5H3,(H,14,16);8-9H,5-7H2,1-4H3,(H,13,15);7-8H,5-6H2,1-4H3,(H,12,14)/t10-,11-;9-,10-;8?,9-,10-;8-,9+,10+;8-,9-;7-,8+/m000101/s1. The number of likely N-dealkylation sites (tertiary alicyclic amines) is 6. The van der Waals surface area contributed by atoms with E-state index in [1.54, 1.807) is 0 Å². The molecule has 0 bridgehead atoms. The topological polar surface area (TPSA) is 194 Å². The molecule has 2 saturated carbocycles. The number of nitrogens with one attached hydrogen (secondary N) is 6. The lowest BCUT2D eigenvalue weighted by atomic mass is 9.83. The van der Waals surface area contributed by atoms with Crippen molar-refractivity contribution in [3.8, 4) is 0 Å². The molecule has 18 nitrogen and oxygen atoms in total. The molecule has 2 aliphatic carbocycles. The van der Waals surface area contributed by atoms with Gasteiger partial charge in [-0.3, -0.25) is 58.2 Å². The Morgan fingerprint density at radius 3 is 0.819 bits per heavy atom. The molecule has 14 atom stereocenters. The van der Waals surface area contributed by atoms with Crippen LogP contribution < -0.4 is 31.9 Å². The van der Waals surface area contributed by atoms with Crippen LogP contribution in [-0.4, -0.2) is 249 Å². The molecule has 6 heterocycles. The maximum Gasteiger partial charge on any atom is 0.237 e. The lowest BCUT2D eigenvalue weighted by Gasteiger charge is -2.36. The minimum atomic E-state index is -0.164. The van der Waals surface area contributed by atoms with Crippen molar-refractivity contribution >= 4 is 105 Å². The third-order valence-corrected chi connectivity index (χ3v) is 22.4. The van der Waals surface area contributed by atoms with E-state index >= 15 is 0 Å². The van der Waals surface area contributed by atoms with Crippen LogP contribution in [-0.2, 0) is 28.8 Å². The summed E-state index contributed by atoms with van der Waals surface area (Å²) in [5.74, 6) is 0.729. The highest BCUT2D eigenvalue weighted by atomic mass is 35.5. The number of hydrogen-bond acceptors (Lipinski definition) is 12. The van der Waals surface area contributed by atoms with E-state index in [0.29, 0.717) is 0 Å². The van der Waals surface area contributed by atoms with Gasteiger partial charge in [0.25, 0.3) is 0 Å². The molecule has 8 rings (SSSR count). The van der Waals surface area contributed by atoms with Gasteiger partial charge < -0.3 is 31.9 Å². The summed E-state index contributed by atoms with van der Waals surface area (Å²) in [6.45, 7) is 38.1. The Morgan fingerprint density at radius 1 is 0.383 bits per heavy atom. The molecule has 6 amide bonds. The average molecular weight is 1450 g/mol. The van der Waals surface area contributed by atoms with Crippen molar-refractivity contribution in [1.29, 1.82) is 0 Å². The molecule has 1 unspecified atom stereocenters. The third-order valence-electron chi connectivity index (χ3n) is 20.5. The Morgan fingerprint density at radius 2 is 0.606 bits per heavy atom. The number of hydrogen-bond donors (Lipinski definition) is 6. The first kappa shape index (κ1) is 86.5. The number of rotatable bonds is 12. The second kappa shape index (κ2) is 37.8. The summed E-state index contributed by atoms with van der Waals surface area (Å²) >= 11 is 36.3. The number of halogens is 6. The van der Waals surface area contributed by atoms with Crippen molar-refractivity contribution in [3.63, 3.8) is 0 Å². The zero-order chi connectivity index (χ0) is 71.8. The van der Waals surface area contributed by atoms with Crippen molar-refractivity contribution in [2.24, 2.45) is 10.8 Å². The van der Waals surface area contributed by atoms with Crippen molar-refractivity contribution < 1.29 is 28.8 Å². The molecular formula is C70H130Cl6N12O6. The van der Waals surface area contributed by atoms with Gasteiger partial charge in [-0.1, -0.05) is 80.6 Å². The number of carbonyl (C=O) groups is 6. The van der Waals surface area contributed by atoms with Gasteiger partial charge >= 0.3 is 0 Å². The van der Waals surface area contributed by atoms with Gasteiger partial charge in [-0.2, -0.15) is 0 Å². The van der Waals surface area contributed by atoms with Crippen molar-refractivity contribution in [2.75, 3.05) is 81.6 Å². The Bertz CT molecular complexity index is 2330. The summed E-state index contributed by atoms with van der Waals surface area (Å²) in [4.78, 5) is 84.5. The molecule has 0 aromatic heterocycles. The lowest BCUT2D eigenvalue weighted by molar-refractivity contribution is -0.128. The number of nitrogens with zero attached hydrogens (tertiary/aromatic N) is 6. The molecule has 0 aromatic rings. The SMILES string of the molecule is CC(NC(=O)[C@@H]1C[C@H](Cl)CN1C)C(C)(C)C.CCC(C)(C)NC(=O)[C@@H]1C[C@H](Cl)CN1C.CN1C[C@@H](Cl)C[C@H]1C(=O)NC1(C)CCCC1.CN1C[C@@H](Cl)C[C@H]1C(=O)NC1(C)CCCCC1.CN1C[C@H](Cl)C[C@H]1C(=O)NC(C)(C)C.C[C@@H](NC(=O)[C@@H]1C[C@H](Cl)CN1C)C(C)(C)C. The summed E-state index contributed by atoms with van der Waals surface area (Å²) in [6, 6.07) is 0.0383. The van der Waals surface area contributed by atoms with Crippen molar-refractivity contribution in [3.05, 3.63) is 0 Å². The lowest BCUT2D eigenvalue weighted by Crippen LogP contribution is -2.52. The summed E-state index contributed by atoms with van der Waals surface area (Å²) in [5.41, 5.74) is -0.0616. The molecule has 94 heavy (non-hydrogen) atoms. The fraction of sp³-hybridized carbons (Fsp3) is 0.914. The van der Waals surface area contributed by atoms with E-state index in [0.717, 1.165) is 110 Å². The summed E-state index contributed by atoms with van der Waals surface area (Å²) in [6.07, 6.45) is 16.2. The first-order chi connectivity index (χ1) is 43.1. The Balaban J connectivity index is 0.000000294. The molecule has 8 fully saturated rings. The van der Waals surface area contributed by atoms with E-state index in [4.69, 9.17) is 69.6 Å². The minimum Gasteiger partial charge on any atom is -0.352 e. The second-order valence-electron chi connectivity index (χ2n) is 33.3. The third kappa shape index (κ3) is 29.5. The molecule has 0 spiro atoms. The number of amides is 6. The van der Waals surface area contributed by atoms with Gasteiger partial charge in [0.2, 0.25) is 35.4 Å². The van der Waals surface area contributed by atoms with Gasteiger partial charge in [-0.05, 0) is 186 Å². The number of carbonyl (C=O) groups excluding carboxylic acids is 6. The largest absolute Gasteiger partial charge is 0.352 e. The van der Waals surface area contributed by atoms with Crippen LogP contribution in [0.4, 0.5) is 0 Å². The molecule has 6 N–H and O–H groups in total. The Labute approximate surface area is 600 Å². The van der Waals surface area contributed by atoms with Gasteiger partial charge in [0.15, 0.2) is 0 Å². The number of alkyl halides is 6. The van der Waals surface area contributed by atoms with Gasteiger partial charge in [-0.25, -0.2) is 0 Å². The van der Waals surface area contributed by atoms with E-state index in [-0.39, 0.29) is 149 Å². The van der Waals surface area contributed by atoms with E-state index in [1.807, 2.05) is 110 Å². The van der Waals surface area contributed by atoms with Crippen LogP contribution in [0.25, 0.3) is 0 Å². The first-order valence-corrected chi connectivity index (χ1v) is 37.6. The van der Waals surface area contributed by atoms with E-state index in [9.17, 15) is 28.8 Å². The van der Waals surface area contributed by atoms with Crippen LogP contribution in [0.5, 0.6) is 0 Å². The highest BCUT2D eigenvalue weighted by Gasteiger charge is 2.42. The Hall–Kier alpha value is -1.68. The van der Waals surface area contributed by atoms with E-state index in [2.05, 4.69) is 104 Å². The van der Waals surface area contributed by atoms with Gasteiger partial charge in [0.1, 0.15) is 0 Å². The fourth-order valence-electron chi connectivity index (χ4n) is 13.0. The smallest absolute Gasteiger partial charge is 0.237 e. The fourth-order valence-corrected chi connectivity index (χ4v) is 15.3. The summed E-state index contributed by atoms with van der Waals surface area (Å²) in [7, 11) is 11.8. The normalized spacial score (nSPS) is 30.6. The van der Waals surface area contributed by atoms with Crippen LogP contribution in [0, 0.1) is 10.8 Å². The van der Waals surface area contributed by atoms with E-state index < -0.39 is 0 Å². The quantitative estimate of drug-likeness (QED) is 0.101. The molecule has 0 radical (unpaired) electrons. The minimum absolute atomic E-state index is 0.0145. The maximum atomic E-state index is 12.3. The monoisotopic (exact) mass is 1440 g/mol. The van der Waals surface area contributed by atoms with Crippen LogP contribution in [0.15, 0.2) is 0 Å². The summed E-state index contributed by atoms with van der Waals surface area (Å²) < 4.78 is 0. The second-order valence-corrected chi connectivity index (χ2v) is 37.0. The van der Waals surface area contributed by atoms with Crippen LogP contribution in [0.3, 0.4) is 0 Å². The maximum absolute atomic E-state index is 12.3. The zero-order valence-electron chi connectivity index (χ0n) is 62.0. The van der Waals surface area contributed by atoms with Gasteiger partial charge in [0.05, 0.1) is 36.3 Å². The Kier molecular flexibility index (Phi) is 34.8. The molecule has 6 aliphatic heterocycles. The van der Waals surface area contributed by atoms with Crippen molar-refractivity contribution in [1.82, 2.24) is 61.3 Å². The zero-order valence-corrected chi connectivity index (χ0v) is 66.6. The predicted octanol–water partition coefficient (Wildman–Crippen LogP) is 10.4. The van der Waals surface area contributed by atoms with E-state index in [1.165, 1.54) is 32.1 Å². The molecule has 0 aromatic carbocycles. The van der Waals surface area contributed by atoms with Crippen LogP contribution in [0.2, 0.25) is 0 Å². The highest BCUT2D eigenvalue weighted by molar-refractivity contribution is 6.22. The molecule has 6 saturated heterocycles.